The number of hydrogen-bond acceptors (Lipinski definition) is 4. The van der Waals surface area contributed by atoms with E-state index in [4.69, 9.17) is 9.47 Å². The van der Waals surface area contributed by atoms with E-state index in [0.29, 0.717) is 16.9 Å². The fraction of sp³-hybridized carbons (Fsp3) is 0.120. The molecule has 3 aromatic carbocycles. The molecule has 3 aromatic rings. The third-order valence-corrected chi connectivity index (χ3v) is 4.40. The van der Waals surface area contributed by atoms with Crippen LogP contribution in [0.5, 0.6) is 11.5 Å². The van der Waals surface area contributed by atoms with E-state index in [2.05, 4.69) is 11.4 Å². The van der Waals surface area contributed by atoms with Gasteiger partial charge in [-0.15, -0.1) is 0 Å². The van der Waals surface area contributed by atoms with Crippen LogP contribution in [0.25, 0.3) is 11.6 Å². The molecule has 30 heavy (non-hydrogen) atoms. The third kappa shape index (κ3) is 5.49. The molecule has 1 amide bonds. The quantitative estimate of drug-likeness (QED) is 0.445. The minimum Gasteiger partial charge on any atom is -0.497 e. The molecule has 0 aliphatic heterocycles. The summed E-state index contributed by atoms with van der Waals surface area (Å²) < 4.78 is 10.9. The number of rotatable bonds is 7. The molecular formula is C25H22N2O3. The van der Waals surface area contributed by atoms with Crippen molar-refractivity contribution in [2.24, 2.45) is 0 Å². The first-order valence-corrected chi connectivity index (χ1v) is 9.43. The van der Waals surface area contributed by atoms with E-state index in [1.807, 2.05) is 61.5 Å². The average molecular weight is 398 g/mol. The Balaban J connectivity index is 1.73. The number of nitriles is 1. The van der Waals surface area contributed by atoms with E-state index >= 15 is 0 Å². The van der Waals surface area contributed by atoms with Crippen molar-refractivity contribution in [2.75, 3.05) is 19.0 Å². The topological polar surface area (TPSA) is 71.3 Å². The van der Waals surface area contributed by atoms with Gasteiger partial charge in [-0.2, -0.15) is 5.26 Å². The molecule has 0 unspecified atom stereocenters. The van der Waals surface area contributed by atoms with Crippen molar-refractivity contribution in [3.63, 3.8) is 0 Å². The van der Waals surface area contributed by atoms with Crippen LogP contribution in [0.2, 0.25) is 0 Å². The maximum atomic E-state index is 12.3. The fourth-order valence-electron chi connectivity index (χ4n) is 2.90. The standard InChI is InChI=1S/C25H22N2O3/c1-18-6-5-8-22(14-18)27-25(28)17-30-24-9-4-3-7-20(24)15-21(16-26)19-10-12-23(29-2)13-11-19/h3-15H,17H2,1-2H3,(H,27,28)/b21-15+. The van der Waals surface area contributed by atoms with Crippen molar-refractivity contribution in [1.29, 1.82) is 5.26 Å². The normalized spacial score (nSPS) is 10.8. The van der Waals surface area contributed by atoms with E-state index in [1.54, 1.807) is 31.4 Å². The second-order valence-corrected chi connectivity index (χ2v) is 6.64. The van der Waals surface area contributed by atoms with Crippen LogP contribution in [0.3, 0.4) is 0 Å². The van der Waals surface area contributed by atoms with Crippen LogP contribution in [0.1, 0.15) is 16.7 Å². The van der Waals surface area contributed by atoms with Crippen molar-refractivity contribution >= 4 is 23.2 Å². The van der Waals surface area contributed by atoms with Gasteiger partial charge in [0.1, 0.15) is 11.5 Å². The molecule has 5 nitrogen and oxygen atoms in total. The van der Waals surface area contributed by atoms with Crippen LogP contribution in [-0.2, 0) is 4.79 Å². The van der Waals surface area contributed by atoms with Crippen molar-refractivity contribution < 1.29 is 14.3 Å². The molecule has 0 aromatic heterocycles. The van der Waals surface area contributed by atoms with E-state index in [-0.39, 0.29) is 12.5 Å². The Bertz CT molecular complexity index is 1100. The van der Waals surface area contributed by atoms with Gasteiger partial charge in [-0.1, -0.05) is 30.3 Å². The highest BCUT2D eigenvalue weighted by Gasteiger charge is 2.08. The molecule has 1 N–H and O–H groups in total. The molecular weight excluding hydrogens is 376 g/mol. The highest BCUT2D eigenvalue weighted by molar-refractivity contribution is 5.92. The summed E-state index contributed by atoms with van der Waals surface area (Å²) in [7, 11) is 1.60. The molecule has 0 aliphatic rings. The van der Waals surface area contributed by atoms with Gasteiger partial charge in [0.15, 0.2) is 6.61 Å². The van der Waals surface area contributed by atoms with Crippen LogP contribution >= 0.6 is 0 Å². The fourth-order valence-corrected chi connectivity index (χ4v) is 2.90. The van der Waals surface area contributed by atoms with Gasteiger partial charge in [0.25, 0.3) is 5.91 Å². The monoisotopic (exact) mass is 398 g/mol. The van der Waals surface area contributed by atoms with E-state index in [0.717, 1.165) is 22.6 Å². The van der Waals surface area contributed by atoms with Crippen LogP contribution in [0, 0.1) is 18.3 Å². The predicted octanol–water partition coefficient (Wildman–Crippen LogP) is 5.09. The molecule has 150 valence electrons. The van der Waals surface area contributed by atoms with E-state index in [1.165, 1.54) is 0 Å². The van der Waals surface area contributed by atoms with Gasteiger partial charge >= 0.3 is 0 Å². The molecule has 0 bridgehead atoms. The van der Waals surface area contributed by atoms with Crippen LogP contribution in [0.15, 0.2) is 72.8 Å². The summed E-state index contributed by atoms with van der Waals surface area (Å²) in [4.78, 5) is 12.3. The van der Waals surface area contributed by atoms with Crippen LogP contribution < -0.4 is 14.8 Å². The molecule has 5 heteroatoms. The second kappa shape index (κ2) is 9.94. The average Bonchev–Trinajstić information content (AvgIpc) is 2.77. The molecule has 0 spiro atoms. The summed E-state index contributed by atoms with van der Waals surface area (Å²) in [5.41, 5.74) is 3.76. The summed E-state index contributed by atoms with van der Waals surface area (Å²) >= 11 is 0. The van der Waals surface area contributed by atoms with E-state index in [9.17, 15) is 10.1 Å². The summed E-state index contributed by atoms with van der Waals surface area (Å²) in [6, 6.07) is 24.3. The number of para-hydroxylation sites is 1. The zero-order valence-corrected chi connectivity index (χ0v) is 16.9. The molecule has 0 fully saturated rings. The summed E-state index contributed by atoms with van der Waals surface area (Å²) in [5, 5.41) is 12.4. The molecule has 0 radical (unpaired) electrons. The first-order chi connectivity index (χ1) is 14.6. The van der Waals surface area contributed by atoms with Gasteiger partial charge < -0.3 is 14.8 Å². The van der Waals surface area contributed by atoms with Gasteiger partial charge in [0.2, 0.25) is 0 Å². The number of carbonyl (C=O) groups excluding carboxylic acids is 1. The van der Waals surface area contributed by atoms with Gasteiger partial charge in [-0.05, 0) is 66.6 Å². The zero-order valence-electron chi connectivity index (χ0n) is 16.9. The number of aryl methyl sites for hydroxylation is 1. The van der Waals surface area contributed by atoms with Gasteiger partial charge in [-0.25, -0.2) is 0 Å². The number of benzene rings is 3. The van der Waals surface area contributed by atoms with Crippen molar-refractivity contribution in [3.05, 3.63) is 89.5 Å². The summed E-state index contributed by atoms with van der Waals surface area (Å²) in [5.74, 6) is 0.993. The lowest BCUT2D eigenvalue weighted by Gasteiger charge is -2.11. The van der Waals surface area contributed by atoms with Gasteiger partial charge in [-0.3, -0.25) is 4.79 Å². The lowest BCUT2D eigenvalue weighted by molar-refractivity contribution is -0.118. The number of hydrogen-bond donors (Lipinski definition) is 1. The first kappa shape index (κ1) is 20.7. The van der Waals surface area contributed by atoms with E-state index < -0.39 is 0 Å². The first-order valence-electron chi connectivity index (χ1n) is 9.43. The smallest absolute Gasteiger partial charge is 0.262 e. The molecule has 0 aliphatic carbocycles. The number of amides is 1. The number of allylic oxidation sites excluding steroid dienone is 1. The highest BCUT2D eigenvalue weighted by atomic mass is 16.5. The third-order valence-electron chi connectivity index (χ3n) is 4.40. The van der Waals surface area contributed by atoms with Gasteiger partial charge in [0, 0.05) is 11.3 Å². The summed E-state index contributed by atoms with van der Waals surface area (Å²) in [6.45, 7) is 1.83. The number of carbonyl (C=O) groups is 1. The molecule has 0 heterocycles. The van der Waals surface area contributed by atoms with Crippen LogP contribution in [-0.4, -0.2) is 19.6 Å². The molecule has 3 rings (SSSR count). The number of methoxy groups -OCH3 is 1. The zero-order chi connectivity index (χ0) is 21.3. The van der Waals surface area contributed by atoms with Crippen molar-refractivity contribution in [3.8, 4) is 17.6 Å². The summed E-state index contributed by atoms with van der Waals surface area (Å²) in [6.07, 6.45) is 1.75. The Morgan fingerprint density at radius 2 is 1.83 bits per heavy atom. The number of ether oxygens (including phenoxy) is 2. The van der Waals surface area contributed by atoms with Crippen molar-refractivity contribution in [2.45, 2.75) is 6.92 Å². The molecule has 0 saturated carbocycles. The Labute approximate surface area is 176 Å². The highest BCUT2D eigenvalue weighted by Crippen LogP contribution is 2.25. The maximum Gasteiger partial charge on any atom is 0.262 e. The minimum atomic E-state index is -0.255. The minimum absolute atomic E-state index is 0.136. The Hall–Kier alpha value is -4.04. The lowest BCUT2D eigenvalue weighted by Crippen LogP contribution is -2.20. The predicted molar refractivity (Wildman–Crippen MR) is 118 cm³/mol. The number of nitrogens with one attached hydrogen (secondary N) is 1. The number of anilines is 1. The number of nitrogens with zero attached hydrogens (tertiary/aromatic N) is 1. The Morgan fingerprint density at radius 1 is 1.07 bits per heavy atom. The van der Waals surface area contributed by atoms with Crippen LogP contribution in [0.4, 0.5) is 5.69 Å². The molecule has 0 atom stereocenters. The Morgan fingerprint density at radius 3 is 2.53 bits per heavy atom. The second-order valence-electron chi connectivity index (χ2n) is 6.64. The van der Waals surface area contributed by atoms with Gasteiger partial charge in [0.05, 0.1) is 18.8 Å². The largest absolute Gasteiger partial charge is 0.497 e. The SMILES string of the molecule is COc1ccc(/C(C#N)=C/c2ccccc2OCC(=O)Nc2cccc(C)c2)cc1. The lowest BCUT2D eigenvalue weighted by atomic mass is 10.0. The Kier molecular flexibility index (Phi) is 6.86. The maximum absolute atomic E-state index is 12.3. The molecule has 0 saturated heterocycles. The van der Waals surface area contributed by atoms with Crippen molar-refractivity contribution in [1.82, 2.24) is 0 Å².